The van der Waals surface area contributed by atoms with E-state index in [-0.39, 0.29) is 0 Å². The van der Waals surface area contributed by atoms with Crippen LogP contribution in [-0.4, -0.2) is 28.4 Å². The zero-order chi connectivity index (χ0) is 23.2. The van der Waals surface area contributed by atoms with Gasteiger partial charge < -0.3 is 20.2 Å². The number of hydrogen-bond acceptors (Lipinski definition) is 6. The number of nitrogens with one attached hydrogen (secondary N) is 2. The van der Waals surface area contributed by atoms with Gasteiger partial charge in [0.25, 0.3) is 0 Å². The minimum atomic E-state index is 0.420. The average Bonchev–Trinajstić information content (AvgIpc) is 3.22. The molecule has 172 valence electrons. The molecule has 0 aliphatic heterocycles. The normalized spacial score (nSPS) is 11.0. The van der Waals surface area contributed by atoms with Gasteiger partial charge in [-0.3, -0.25) is 0 Å². The molecule has 2 aromatic heterocycles. The van der Waals surface area contributed by atoms with E-state index >= 15 is 0 Å². The number of benzene rings is 2. The highest BCUT2D eigenvalue weighted by molar-refractivity contribution is 5.90. The van der Waals surface area contributed by atoms with E-state index in [9.17, 15) is 0 Å². The third kappa shape index (κ3) is 5.09. The molecule has 2 N–H and O–H groups in total. The first-order chi connectivity index (χ1) is 16.1. The highest BCUT2D eigenvalue weighted by Gasteiger charge is 2.19. The number of aryl methyl sites for hydroxylation is 2. The Morgan fingerprint density at radius 2 is 1.64 bits per heavy atom. The van der Waals surface area contributed by atoms with Crippen LogP contribution in [0, 0.1) is 13.8 Å². The number of nitrogens with zero attached hydrogens (tertiary/aromatic N) is 3. The van der Waals surface area contributed by atoms with E-state index in [0.29, 0.717) is 26.3 Å². The van der Waals surface area contributed by atoms with Gasteiger partial charge in [-0.15, -0.1) is 0 Å². The summed E-state index contributed by atoms with van der Waals surface area (Å²) in [6.07, 6.45) is 0. The molecular formula is C26H31N5O2. The van der Waals surface area contributed by atoms with Crippen molar-refractivity contribution in [3.63, 3.8) is 0 Å². The van der Waals surface area contributed by atoms with Gasteiger partial charge >= 0.3 is 0 Å². The molecule has 2 heterocycles. The third-order valence-corrected chi connectivity index (χ3v) is 5.69. The number of anilines is 1. The van der Waals surface area contributed by atoms with Crippen LogP contribution in [0.25, 0.3) is 11.0 Å². The second-order valence-corrected chi connectivity index (χ2v) is 7.89. The molecule has 0 radical (unpaired) electrons. The van der Waals surface area contributed by atoms with Gasteiger partial charge in [0.15, 0.2) is 11.6 Å². The van der Waals surface area contributed by atoms with Crippen LogP contribution >= 0.6 is 0 Å². The van der Waals surface area contributed by atoms with Crippen LogP contribution in [0.5, 0.6) is 5.75 Å². The molecule has 0 aliphatic rings. The number of methoxy groups -OCH3 is 1. The van der Waals surface area contributed by atoms with Crippen LogP contribution in [0.15, 0.2) is 54.6 Å². The molecule has 4 rings (SSSR count). The topological polar surface area (TPSA) is 73.2 Å². The largest absolute Gasteiger partial charge is 0.497 e. The summed E-state index contributed by atoms with van der Waals surface area (Å²) >= 11 is 0. The van der Waals surface area contributed by atoms with Crippen molar-refractivity contribution in [2.24, 2.45) is 0 Å². The van der Waals surface area contributed by atoms with Crippen molar-refractivity contribution in [1.82, 2.24) is 14.6 Å². The number of pyridine rings is 1. The molecule has 0 aliphatic carbocycles. The van der Waals surface area contributed by atoms with Gasteiger partial charge in [0.2, 0.25) is 0 Å². The summed E-state index contributed by atoms with van der Waals surface area (Å²) < 4.78 is 13.0. The van der Waals surface area contributed by atoms with Crippen LogP contribution in [0.3, 0.4) is 0 Å². The maximum Gasteiger partial charge on any atom is 0.154 e. The fourth-order valence-corrected chi connectivity index (χ4v) is 3.73. The number of ether oxygens (including phenoxy) is 2. The monoisotopic (exact) mass is 445 g/mol. The third-order valence-electron chi connectivity index (χ3n) is 5.69. The lowest BCUT2D eigenvalue weighted by molar-refractivity contribution is 0.127. The van der Waals surface area contributed by atoms with E-state index in [1.807, 2.05) is 56.3 Å². The summed E-state index contributed by atoms with van der Waals surface area (Å²) in [4.78, 5) is 9.76. The van der Waals surface area contributed by atoms with Crippen molar-refractivity contribution in [2.45, 2.75) is 40.5 Å². The fourth-order valence-electron chi connectivity index (χ4n) is 3.73. The molecule has 2 aromatic carbocycles. The Hall–Kier alpha value is -3.58. The molecule has 0 unspecified atom stereocenters. The minimum absolute atomic E-state index is 0.420. The first-order valence-electron chi connectivity index (χ1n) is 11.2. The molecule has 0 fully saturated rings. The smallest absolute Gasteiger partial charge is 0.154 e. The number of rotatable bonds is 10. The van der Waals surface area contributed by atoms with Gasteiger partial charge in [0, 0.05) is 18.8 Å². The van der Waals surface area contributed by atoms with Crippen molar-refractivity contribution in [3.8, 4) is 5.75 Å². The standard InChI is InChI=1S/C26H31N5O2/c1-5-33-17-23-30-24-25(31(23)28-16-20-9-7-6-8-10-20)18(2)19(3)29-26(24)27-15-21-11-13-22(32-4)14-12-21/h6-14,28H,5,15-17H2,1-4H3,(H,27,29). The van der Waals surface area contributed by atoms with Crippen molar-refractivity contribution < 1.29 is 9.47 Å². The Labute approximate surface area is 194 Å². The molecule has 0 amide bonds. The Balaban J connectivity index is 1.68. The minimum Gasteiger partial charge on any atom is -0.497 e. The second-order valence-electron chi connectivity index (χ2n) is 7.89. The molecule has 33 heavy (non-hydrogen) atoms. The van der Waals surface area contributed by atoms with Crippen LogP contribution < -0.4 is 15.5 Å². The van der Waals surface area contributed by atoms with Crippen LogP contribution in [0.2, 0.25) is 0 Å². The number of hydrogen-bond donors (Lipinski definition) is 2. The van der Waals surface area contributed by atoms with Crippen molar-refractivity contribution >= 4 is 16.9 Å². The predicted molar refractivity (Wildman–Crippen MR) is 132 cm³/mol. The van der Waals surface area contributed by atoms with Gasteiger partial charge in [0.05, 0.1) is 19.2 Å². The van der Waals surface area contributed by atoms with E-state index in [4.69, 9.17) is 19.4 Å². The van der Waals surface area contributed by atoms with Crippen LogP contribution in [-0.2, 0) is 24.4 Å². The van der Waals surface area contributed by atoms with Gasteiger partial charge in [-0.2, -0.15) is 0 Å². The fraction of sp³-hybridized carbons (Fsp3) is 0.308. The van der Waals surface area contributed by atoms with Crippen LogP contribution in [0.4, 0.5) is 5.82 Å². The van der Waals surface area contributed by atoms with Crippen LogP contribution in [0.1, 0.15) is 35.1 Å². The molecule has 4 aromatic rings. The summed E-state index contributed by atoms with van der Waals surface area (Å²) in [5.41, 5.74) is 9.79. The summed E-state index contributed by atoms with van der Waals surface area (Å²) in [5, 5.41) is 3.48. The zero-order valence-electron chi connectivity index (χ0n) is 19.7. The van der Waals surface area contributed by atoms with E-state index < -0.39 is 0 Å². The molecule has 7 nitrogen and oxygen atoms in total. The summed E-state index contributed by atoms with van der Waals surface area (Å²) in [5.74, 6) is 2.43. The second kappa shape index (κ2) is 10.4. The van der Waals surface area contributed by atoms with E-state index in [1.54, 1.807) is 7.11 Å². The summed E-state index contributed by atoms with van der Waals surface area (Å²) in [6.45, 7) is 8.47. The molecule has 7 heteroatoms. The summed E-state index contributed by atoms with van der Waals surface area (Å²) in [7, 11) is 1.67. The van der Waals surface area contributed by atoms with Gasteiger partial charge in [-0.25, -0.2) is 14.6 Å². The SMILES string of the molecule is CCOCc1nc2c(NCc3ccc(OC)cc3)nc(C)c(C)c2n1NCc1ccccc1. The Kier molecular flexibility index (Phi) is 7.10. The number of aromatic nitrogens is 3. The lowest BCUT2D eigenvalue weighted by atomic mass is 10.2. The molecule has 0 bridgehead atoms. The van der Waals surface area contributed by atoms with Crippen molar-refractivity contribution in [3.05, 3.63) is 82.8 Å². The van der Waals surface area contributed by atoms with E-state index in [0.717, 1.165) is 45.2 Å². The van der Waals surface area contributed by atoms with Crippen molar-refractivity contribution in [1.29, 1.82) is 0 Å². The quantitative estimate of drug-likeness (QED) is 0.360. The lowest BCUT2D eigenvalue weighted by Crippen LogP contribution is -2.18. The highest BCUT2D eigenvalue weighted by atomic mass is 16.5. The molecule has 0 saturated carbocycles. The molecule has 0 atom stereocenters. The first kappa shape index (κ1) is 22.6. The Bertz CT molecular complexity index is 1200. The Morgan fingerprint density at radius 3 is 2.33 bits per heavy atom. The zero-order valence-corrected chi connectivity index (χ0v) is 19.7. The molecule has 0 spiro atoms. The molecular weight excluding hydrogens is 414 g/mol. The Morgan fingerprint density at radius 1 is 0.909 bits per heavy atom. The maximum absolute atomic E-state index is 5.73. The van der Waals surface area contributed by atoms with E-state index in [1.165, 1.54) is 5.56 Å². The first-order valence-corrected chi connectivity index (χ1v) is 11.2. The van der Waals surface area contributed by atoms with Crippen molar-refractivity contribution in [2.75, 3.05) is 24.5 Å². The number of fused-ring (bicyclic) bond motifs is 1. The summed E-state index contributed by atoms with van der Waals surface area (Å²) in [6, 6.07) is 18.3. The predicted octanol–water partition coefficient (Wildman–Crippen LogP) is 4.95. The highest BCUT2D eigenvalue weighted by Crippen LogP contribution is 2.28. The van der Waals surface area contributed by atoms with Gasteiger partial charge in [-0.05, 0) is 49.6 Å². The lowest BCUT2D eigenvalue weighted by Gasteiger charge is -2.15. The van der Waals surface area contributed by atoms with Gasteiger partial charge in [-0.1, -0.05) is 42.5 Å². The molecule has 0 saturated heterocycles. The van der Waals surface area contributed by atoms with Gasteiger partial charge in [0.1, 0.15) is 17.9 Å². The van der Waals surface area contributed by atoms with E-state index in [2.05, 4.69) is 34.5 Å². The number of imidazole rings is 1. The maximum atomic E-state index is 5.73. The average molecular weight is 446 g/mol.